The molecule has 0 aromatic heterocycles. The van der Waals surface area contributed by atoms with Crippen LogP contribution in [0.1, 0.15) is 32.6 Å². The molecular formula is C18H25ClN2O4. The summed E-state index contributed by atoms with van der Waals surface area (Å²) in [5, 5.41) is 12.4. The lowest BCUT2D eigenvalue weighted by Gasteiger charge is -2.42. The van der Waals surface area contributed by atoms with E-state index in [0.29, 0.717) is 36.8 Å². The fraction of sp³-hybridized carbons (Fsp3) is 0.556. The van der Waals surface area contributed by atoms with Gasteiger partial charge < -0.3 is 15.2 Å². The Kier molecular flexibility index (Phi) is 7.52. The molecule has 1 aromatic carbocycles. The summed E-state index contributed by atoms with van der Waals surface area (Å²) in [7, 11) is 0. The molecule has 0 aliphatic heterocycles. The van der Waals surface area contributed by atoms with Gasteiger partial charge in [0.15, 0.2) is 0 Å². The summed E-state index contributed by atoms with van der Waals surface area (Å²) in [6.07, 6.45) is 2.64. The number of carboxylic acids is 1. The molecule has 1 fully saturated rings. The SMILES string of the molecule is CCN(CC(=O)O)C1CC(NC(=O)CCCOc2ccccc2Cl)C1. The minimum Gasteiger partial charge on any atom is -0.492 e. The van der Waals surface area contributed by atoms with Gasteiger partial charge in [0.1, 0.15) is 5.75 Å². The van der Waals surface area contributed by atoms with E-state index < -0.39 is 5.97 Å². The zero-order valence-electron chi connectivity index (χ0n) is 14.4. The number of carbonyl (C=O) groups excluding carboxylic acids is 1. The molecule has 0 bridgehead atoms. The molecule has 2 rings (SSSR count). The molecule has 0 saturated heterocycles. The average Bonchev–Trinajstić information content (AvgIpc) is 2.54. The van der Waals surface area contributed by atoms with Crippen molar-refractivity contribution in [1.82, 2.24) is 10.2 Å². The molecular weight excluding hydrogens is 344 g/mol. The predicted molar refractivity (Wildman–Crippen MR) is 96.0 cm³/mol. The van der Waals surface area contributed by atoms with Crippen LogP contribution in [0.15, 0.2) is 24.3 Å². The summed E-state index contributed by atoms with van der Waals surface area (Å²) in [5.74, 6) is -0.176. The summed E-state index contributed by atoms with van der Waals surface area (Å²) in [5.41, 5.74) is 0. The fourth-order valence-electron chi connectivity index (χ4n) is 2.95. The van der Waals surface area contributed by atoms with Crippen molar-refractivity contribution in [2.75, 3.05) is 19.7 Å². The monoisotopic (exact) mass is 368 g/mol. The Bertz CT molecular complexity index is 590. The van der Waals surface area contributed by atoms with Crippen molar-refractivity contribution in [3.05, 3.63) is 29.3 Å². The second-order valence-corrected chi connectivity index (χ2v) is 6.64. The quantitative estimate of drug-likeness (QED) is 0.620. The number of benzene rings is 1. The maximum absolute atomic E-state index is 11.9. The van der Waals surface area contributed by atoms with Gasteiger partial charge in [0.25, 0.3) is 0 Å². The lowest BCUT2D eigenvalue weighted by atomic mass is 9.85. The molecule has 25 heavy (non-hydrogen) atoms. The molecule has 1 saturated carbocycles. The van der Waals surface area contributed by atoms with Gasteiger partial charge in [0.05, 0.1) is 18.2 Å². The second kappa shape index (κ2) is 9.63. The van der Waals surface area contributed by atoms with Gasteiger partial charge in [0, 0.05) is 18.5 Å². The number of likely N-dealkylation sites (N-methyl/N-ethyl adjacent to an activating group) is 1. The van der Waals surface area contributed by atoms with Gasteiger partial charge in [-0.2, -0.15) is 0 Å². The van der Waals surface area contributed by atoms with Crippen LogP contribution in [0.2, 0.25) is 5.02 Å². The summed E-state index contributed by atoms with van der Waals surface area (Å²) in [6.45, 7) is 3.15. The third-order valence-corrected chi connectivity index (χ3v) is 4.69. The Morgan fingerprint density at radius 2 is 2.08 bits per heavy atom. The first kappa shape index (κ1) is 19.5. The molecule has 0 heterocycles. The molecule has 0 radical (unpaired) electrons. The molecule has 1 aliphatic rings. The number of hydrogen-bond acceptors (Lipinski definition) is 4. The van der Waals surface area contributed by atoms with Crippen LogP contribution >= 0.6 is 11.6 Å². The van der Waals surface area contributed by atoms with E-state index in [9.17, 15) is 9.59 Å². The number of ether oxygens (including phenoxy) is 1. The van der Waals surface area contributed by atoms with Gasteiger partial charge in [-0.25, -0.2) is 0 Å². The van der Waals surface area contributed by atoms with Crippen molar-refractivity contribution >= 4 is 23.5 Å². The Balaban J connectivity index is 1.59. The number of amides is 1. The number of halogens is 1. The standard InChI is InChI=1S/C18H25ClN2O4/c1-2-21(12-18(23)24)14-10-13(11-14)20-17(22)8-5-9-25-16-7-4-3-6-15(16)19/h3-4,6-7,13-14H,2,5,8-12H2,1H3,(H,20,22)(H,23,24). The molecule has 0 unspecified atom stereocenters. The van der Waals surface area contributed by atoms with Crippen LogP contribution in [-0.2, 0) is 9.59 Å². The fourth-order valence-corrected chi connectivity index (χ4v) is 3.14. The number of carbonyl (C=O) groups is 2. The van der Waals surface area contributed by atoms with Gasteiger partial charge in [-0.05, 0) is 37.9 Å². The van der Waals surface area contributed by atoms with E-state index >= 15 is 0 Å². The van der Waals surface area contributed by atoms with Crippen molar-refractivity contribution in [3.63, 3.8) is 0 Å². The van der Waals surface area contributed by atoms with Gasteiger partial charge >= 0.3 is 5.97 Å². The van der Waals surface area contributed by atoms with Crippen LogP contribution in [0.3, 0.4) is 0 Å². The third-order valence-electron chi connectivity index (χ3n) is 4.38. The molecule has 0 spiro atoms. The Hall–Kier alpha value is -1.79. The first-order valence-electron chi connectivity index (χ1n) is 8.62. The Labute approximate surface area is 153 Å². The van der Waals surface area contributed by atoms with Crippen molar-refractivity contribution in [2.45, 2.75) is 44.7 Å². The number of nitrogens with one attached hydrogen (secondary N) is 1. The van der Waals surface area contributed by atoms with E-state index in [4.69, 9.17) is 21.4 Å². The highest BCUT2D eigenvalue weighted by atomic mass is 35.5. The van der Waals surface area contributed by atoms with Crippen LogP contribution in [0.5, 0.6) is 5.75 Å². The average molecular weight is 369 g/mol. The zero-order valence-corrected chi connectivity index (χ0v) is 15.2. The molecule has 2 N–H and O–H groups in total. The van der Waals surface area contributed by atoms with E-state index in [-0.39, 0.29) is 24.5 Å². The maximum atomic E-state index is 11.9. The minimum atomic E-state index is -0.812. The number of nitrogens with zero attached hydrogens (tertiary/aromatic N) is 1. The van der Waals surface area contributed by atoms with E-state index in [1.54, 1.807) is 12.1 Å². The normalized spacial score (nSPS) is 19.3. The minimum absolute atomic E-state index is 0.00694. The number of carboxylic acid groups (broad SMARTS) is 1. The van der Waals surface area contributed by atoms with E-state index in [0.717, 1.165) is 12.8 Å². The zero-order chi connectivity index (χ0) is 18.2. The van der Waals surface area contributed by atoms with Crippen LogP contribution in [0.4, 0.5) is 0 Å². The van der Waals surface area contributed by atoms with Gasteiger partial charge in [0.2, 0.25) is 5.91 Å². The number of hydrogen-bond donors (Lipinski definition) is 2. The molecule has 1 aliphatic carbocycles. The topological polar surface area (TPSA) is 78.9 Å². The largest absolute Gasteiger partial charge is 0.492 e. The van der Waals surface area contributed by atoms with Crippen molar-refractivity contribution in [3.8, 4) is 5.75 Å². The predicted octanol–water partition coefficient (Wildman–Crippen LogP) is 2.55. The van der Waals surface area contributed by atoms with Crippen LogP contribution < -0.4 is 10.1 Å². The third kappa shape index (κ3) is 6.21. The van der Waals surface area contributed by atoms with Gasteiger partial charge in [-0.1, -0.05) is 30.7 Å². The van der Waals surface area contributed by atoms with Crippen LogP contribution in [0, 0.1) is 0 Å². The lowest BCUT2D eigenvalue weighted by molar-refractivity contribution is -0.139. The summed E-state index contributed by atoms with van der Waals surface area (Å²) >= 11 is 6.00. The highest BCUT2D eigenvalue weighted by molar-refractivity contribution is 6.32. The number of aliphatic carboxylic acids is 1. The Morgan fingerprint density at radius 3 is 2.72 bits per heavy atom. The van der Waals surface area contributed by atoms with E-state index in [1.165, 1.54) is 0 Å². The smallest absolute Gasteiger partial charge is 0.317 e. The first-order chi connectivity index (χ1) is 12.0. The second-order valence-electron chi connectivity index (χ2n) is 6.23. The van der Waals surface area contributed by atoms with Crippen molar-refractivity contribution in [2.24, 2.45) is 0 Å². The van der Waals surface area contributed by atoms with Crippen LogP contribution in [0.25, 0.3) is 0 Å². The highest BCUT2D eigenvalue weighted by Crippen LogP contribution is 2.26. The van der Waals surface area contributed by atoms with Crippen molar-refractivity contribution < 1.29 is 19.4 Å². The van der Waals surface area contributed by atoms with Gasteiger partial charge in [-0.3, -0.25) is 14.5 Å². The molecule has 1 amide bonds. The molecule has 7 heteroatoms. The first-order valence-corrected chi connectivity index (χ1v) is 9.00. The Morgan fingerprint density at radius 1 is 1.36 bits per heavy atom. The summed E-state index contributed by atoms with van der Waals surface area (Å²) in [6, 6.07) is 7.64. The van der Waals surface area contributed by atoms with E-state index in [1.807, 2.05) is 24.0 Å². The maximum Gasteiger partial charge on any atom is 0.317 e. The molecule has 1 aromatic rings. The van der Waals surface area contributed by atoms with Gasteiger partial charge in [-0.15, -0.1) is 0 Å². The van der Waals surface area contributed by atoms with E-state index in [2.05, 4.69) is 5.32 Å². The molecule has 0 atom stereocenters. The highest BCUT2D eigenvalue weighted by Gasteiger charge is 2.34. The lowest BCUT2D eigenvalue weighted by Crippen LogP contribution is -2.54. The van der Waals surface area contributed by atoms with Crippen LogP contribution in [-0.4, -0.2) is 53.7 Å². The molecule has 6 nitrogen and oxygen atoms in total. The number of para-hydroxylation sites is 1. The van der Waals surface area contributed by atoms with Crippen molar-refractivity contribution in [1.29, 1.82) is 0 Å². The number of rotatable bonds is 10. The summed E-state index contributed by atoms with van der Waals surface area (Å²) < 4.78 is 5.56. The summed E-state index contributed by atoms with van der Waals surface area (Å²) in [4.78, 5) is 24.7. The molecule has 138 valence electrons.